The number of hydrogen-bond donors (Lipinski definition) is 1. The Hall–Kier alpha value is -2.61. The van der Waals surface area contributed by atoms with Crippen LogP contribution in [0.2, 0.25) is 10.0 Å². The first-order valence-electron chi connectivity index (χ1n) is 10.1. The Balaban J connectivity index is 1.49. The predicted molar refractivity (Wildman–Crippen MR) is 124 cm³/mol. The van der Waals surface area contributed by atoms with E-state index in [-0.39, 0.29) is 23.4 Å². The lowest BCUT2D eigenvalue weighted by Gasteiger charge is -2.23. The molecule has 0 saturated carbocycles. The molecular weight excluding hydrogens is 471 g/mol. The summed E-state index contributed by atoms with van der Waals surface area (Å²) in [7, 11) is 0. The number of carbonyl (C=O) groups excluding carboxylic acids is 1. The fraction of sp³-hybridized carbons (Fsp3) is 0.261. The van der Waals surface area contributed by atoms with Crippen LogP contribution in [0.1, 0.15) is 44.8 Å². The Morgan fingerprint density at radius 2 is 1.75 bits per heavy atom. The molecule has 3 aromatic rings. The van der Waals surface area contributed by atoms with Gasteiger partial charge in [-0.2, -0.15) is 0 Å². The molecule has 2 heterocycles. The number of carboxylic acid groups (broad SMARTS) is 1. The van der Waals surface area contributed by atoms with Crippen LogP contribution in [0.3, 0.4) is 0 Å². The normalized spacial score (nSPS) is 15.7. The molecule has 1 atom stereocenters. The number of likely N-dealkylation sites (tertiary alicyclic amines) is 1. The zero-order valence-corrected chi connectivity index (χ0v) is 19.3. The van der Waals surface area contributed by atoms with Crippen molar-refractivity contribution in [1.29, 1.82) is 0 Å². The van der Waals surface area contributed by atoms with Gasteiger partial charge in [-0.15, -0.1) is 11.3 Å². The molecule has 9 heteroatoms. The quantitative estimate of drug-likeness (QED) is 0.474. The molecule has 6 nitrogen and oxygen atoms in total. The van der Waals surface area contributed by atoms with Gasteiger partial charge in [-0.25, -0.2) is 9.78 Å². The summed E-state index contributed by atoms with van der Waals surface area (Å²) in [6, 6.07) is 13.8. The van der Waals surface area contributed by atoms with Crippen molar-refractivity contribution in [3.8, 4) is 5.75 Å². The number of rotatable bonds is 7. The number of benzene rings is 2. The standard InChI is InChI=1S/C23H20Cl2N2O4S/c24-15-5-3-14(4-6-15)12-18-21(23(29)30)32-22(26-18)19-2-1-11-27(19)20(28)13-31-17-9-7-16(25)8-10-17/h3-10,19H,1-2,11-13H2,(H,29,30)/t19-/m0/s1. The number of thiazole rings is 1. The van der Waals surface area contributed by atoms with Gasteiger partial charge >= 0.3 is 5.97 Å². The molecule has 4 rings (SSSR count). The lowest BCUT2D eigenvalue weighted by Crippen LogP contribution is -2.34. The van der Waals surface area contributed by atoms with Gasteiger partial charge in [0.05, 0.1) is 11.7 Å². The fourth-order valence-electron chi connectivity index (χ4n) is 3.68. The highest BCUT2D eigenvalue weighted by molar-refractivity contribution is 7.13. The lowest BCUT2D eigenvalue weighted by molar-refractivity contribution is -0.134. The molecule has 1 N–H and O–H groups in total. The first kappa shape index (κ1) is 22.6. The third-order valence-corrected chi connectivity index (χ3v) is 6.92. The molecular formula is C23H20Cl2N2O4S. The maximum Gasteiger partial charge on any atom is 0.347 e. The van der Waals surface area contributed by atoms with Gasteiger partial charge in [0.15, 0.2) is 6.61 Å². The molecule has 0 bridgehead atoms. The van der Waals surface area contributed by atoms with Gasteiger partial charge < -0.3 is 14.7 Å². The molecule has 1 fully saturated rings. The van der Waals surface area contributed by atoms with Gasteiger partial charge in [-0.3, -0.25) is 4.79 Å². The molecule has 1 saturated heterocycles. The van der Waals surface area contributed by atoms with Gasteiger partial charge in [0.1, 0.15) is 15.6 Å². The molecule has 1 aromatic heterocycles. The molecule has 166 valence electrons. The van der Waals surface area contributed by atoms with Gasteiger partial charge in [0.2, 0.25) is 0 Å². The second kappa shape index (κ2) is 9.90. The minimum atomic E-state index is -1.01. The van der Waals surface area contributed by atoms with E-state index in [1.807, 2.05) is 12.1 Å². The summed E-state index contributed by atoms with van der Waals surface area (Å²) in [5, 5.41) is 11.5. The maximum atomic E-state index is 12.8. The summed E-state index contributed by atoms with van der Waals surface area (Å²) in [5.74, 6) is -0.611. The molecule has 0 unspecified atom stereocenters. The zero-order chi connectivity index (χ0) is 22.7. The topological polar surface area (TPSA) is 79.7 Å². The van der Waals surface area contributed by atoms with Crippen LogP contribution in [0.4, 0.5) is 0 Å². The first-order valence-corrected chi connectivity index (χ1v) is 11.6. The summed E-state index contributed by atoms with van der Waals surface area (Å²) in [6.07, 6.45) is 1.95. The Bertz CT molecular complexity index is 1120. The van der Waals surface area contributed by atoms with Crippen molar-refractivity contribution < 1.29 is 19.4 Å². The highest BCUT2D eigenvalue weighted by atomic mass is 35.5. The molecule has 32 heavy (non-hydrogen) atoms. The van der Waals surface area contributed by atoms with Crippen LogP contribution >= 0.6 is 34.5 Å². The van der Waals surface area contributed by atoms with Crippen LogP contribution in [0, 0.1) is 0 Å². The number of nitrogens with zero attached hydrogens (tertiary/aromatic N) is 2. The summed E-state index contributed by atoms with van der Waals surface area (Å²) in [5.41, 5.74) is 1.42. The molecule has 1 aliphatic heterocycles. The summed E-state index contributed by atoms with van der Waals surface area (Å²) in [6.45, 7) is 0.481. The number of carbonyl (C=O) groups is 2. The first-order chi connectivity index (χ1) is 15.4. The van der Waals surface area contributed by atoms with Crippen molar-refractivity contribution in [2.75, 3.05) is 13.2 Å². The summed E-state index contributed by atoms with van der Waals surface area (Å²) < 4.78 is 5.60. The largest absolute Gasteiger partial charge is 0.484 e. The van der Waals surface area contributed by atoms with E-state index in [4.69, 9.17) is 27.9 Å². The fourth-order valence-corrected chi connectivity index (χ4v) is 5.00. The smallest absolute Gasteiger partial charge is 0.347 e. The van der Waals surface area contributed by atoms with Crippen LogP contribution in [0.5, 0.6) is 5.75 Å². The van der Waals surface area contributed by atoms with Gasteiger partial charge in [-0.05, 0) is 54.8 Å². The molecule has 0 aliphatic carbocycles. The van der Waals surface area contributed by atoms with E-state index in [2.05, 4.69) is 4.98 Å². The molecule has 2 aromatic carbocycles. The third-order valence-electron chi connectivity index (χ3n) is 5.23. The Kier molecular flexibility index (Phi) is 6.98. The second-order valence-corrected chi connectivity index (χ2v) is 9.33. The molecule has 0 radical (unpaired) electrons. The van der Waals surface area contributed by atoms with Crippen LogP contribution < -0.4 is 4.74 Å². The average molecular weight is 491 g/mol. The van der Waals surface area contributed by atoms with Crippen LogP contribution in [-0.4, -0.2) is 40.0 Å². The van der Waals surface area contributed by atoms with Crippen molar-refractivity contribution >= 4 is 46.4 Å². The predicted octanol–water partition coefficient (Wildman–Crippen LogP) is 5.48. The number of amides is 1. The van der Waals surface area contributed by atoms with E-state index in [1.54, 1.807) is 41.3 Å². The van der Waals surface area contributed by atoms with E-state index < -0.39 is 5.97 Å². The molecule has 0 spiro atoms. The van der Waals surface area contributed by atoms with Crippen LogP contribution in [0.25, 0.3) is 0 Å². The molecule has 1 aliphatic rings. The monoisotopic (exact) mass is 490 g/mol. The molecule has 1 amide bonds. The van der Waals surface area contributed by atoms with Crippen molar-refractivity contribution in [2.24, 2.45) is 0 Å². The minimum absolute atomic E-state index is 0.104. The van der Waals surface area contributed by atoms with E-state index >= 15 is 0 Å². The van der Waals surface area contributed by atoms with Crippen LogP contribution in [0.15, 0.2) is 48.5 Å². The lowest BCUT2D eigenvalue weighted by atomic mass is 10.1. The van der Waals surface area contributed by atoms with Crippen molar-refractivity contribution in [1.82, 2.24) is 9.88 Å². The number of aromatic nitrogens is 1. The van der Waals surface area contributed by atoms with E-state index in [9.17, 15) is 14.7 Å². The number of hydrogen-bond acceptors (Lipinski definition) is 5. The average Bonchev–Trinajstić information content (AvgIpc) is 3.42. The zero-order valence-electron chi connectivity index (χ0n) is 17.0. The number of carboxylic acids is 1. The Morgan fingerprint density at radius 1 is 1.09 bits per heavy atom. The highest BCUT2D eigenvalue weighted by Crippen LogP contribution is 2.36. The minimum Gasteiger partial charge on any atom is -0.484 e. The summed E-state index contributed by atoms with van der Waals surface area (Å²) >= 11 is 13.0. The number of ether oxygens (including phenoxy) is 1. The number of halogens is 2. The Morgan fingerprint density at radius 3 is 2.41 bits per heavy atom. The van der Waals surface area contributed by atoms with Gasteiger partial charge in [0.25, 0.3) is 5.91 Å². The second-order valence-electron chi connectivity index (χ2n) is 7.42. The number of aromatic carboxylic acids is 1. The van der Waals surface area contributed by atoms with Crippen molar-refractivity contribution in [2.45, 2.75) is 25.3 Å². The van der Waals surface area contributed by atoms with E-state index in [0.29, 0.717) is 39.5 Å². The Labute approximate surface area is 199 Å². The SMILES string of the molecule is O=C(O)c1sc([C@@H]2CCCN2C(=O)COc2ccc(Cl)cc2)nc1Cc1ccc(Cl)cc1. The van der Waals surface area contributed by atoms with E-state index in [0.717, 1.165) is 29.7 Å². The highest BCUT2D eigenvalue weighted by Gasteiger charge is 2.34. The van der Waals surface area contributed by atoms with Gasteiger partial charge in [-0.1, -0.05) is 35.3 Å². The third kappa shape index (κ3) is 5.23. The summed E-state index contributed by atoms with van der Waals surface area (Å²) in [4.78, 5) is 31.2. The van der Waals surface area contributed by atoms with Gasteiger partial charge in [0, 0.05) is 23.0 Å². The van der Waals surface area contributed by atoms with Crippen molar-refractivity contribution in [3.63, 3.8) is 0 Å². The van der Waals surface area contributed by atoms with Crippen LogP contribution in [-0.2, 0) is 11.2 Å². The maximum absolute atomic E-state index is 12.8. The van der Waals surface area contributed by atoms with E-state index in [1.165, 1.54) is 0 Å². The van der Waals surface area contributed by atoms with Crippen molar-refractivity contribution in [3.05, 3.63) is 79.7 Å².